The Labute approximate surface area is 132 Å². The summed E-state index contributed by atoms with van der Waals surface area (Å²) in [6, 6.07) is 14.0. The monoisotopic (exact) mass is 303 g/mol. The highest BCUT2D eigenvalue weighted by molar-refractivity contribution is 6.30. The fourth-order valence-corrected chi connectivity index (χ4v) is 2.33. The molecular weight excluding hydrogens is 282 g/mol. The Balaban J connectivity index is 1.98. The van der Waals surface area contributed by atoms with Gasteiger partial charge >= 0.3 is 0 Å². The fourth-order valence-electron chi connectivity index (χ4n) is 2.16. The molecule has 0 amide bonds. The van der Waals surface area contributed by atoms with Crippen LogP contribution < -0.4 is 10.1 Å². The van der Waals surface area contributed by atoms with E-state index >= 15 is 0 Å². The second-order valence-corrected chi connectivity index (χ2v) is 5.74. The Kier molecular flexibility index (Phi) is 5.51. The molecule has 112 valence electrons. The molecule has 2 rings (SSSR count). The first-order valence-corrected chi connectivity index (χ1v) is 7.69. The lowest BCUT2D eigenvalue weighted by Gasteiger charge is -2.20. The third-order valence-corrected chi connectivity index (χ3v) is 3.70. The maximum Gasteiger partial charge on any atom is 0.120 e. The second-order valence-electron chi connectivity index (χ2n) is 5.30. The van der Waals surface area contributed by atoms with Crippen molar-refractivity contribution in [1.82, 2.24) is 0 Å². The lowest BCUT2D eigenvalue weighted by atomic mass is 10.2. The SMILES string of the molecule is CCC(CNc1cc(Cl)ccc1C)Oc1cccc(C)c1. The molecule has 1 atom stereocenters. The van der Waals surface area contributed by atoms with Gasteiger partial charge in [-0.1, -0.05) is 36.7 Å². The van der Waals surface area contributed by atoms with Crippen molar-refractivity contribution >= 4 is 17.3 Å². The highest BCUT2D eigenvalue weighted by Gasteiger charge is 2.09. The van der Waals surface area contributed by atoms with Crippen molar-refractivity contribution in [3.63, 3.8) is 0 Å². The van der Waals surface area contributed by atoms with E-state index < -0.39 is 0 Å². The van der Waals surface area contributed by atoms with Crippen LogP contribution in [0.15, 0.2) is 42.5 Å². The summed E-state index contributed by atoms with van der Waals surface area (Å²) in [5.41, 5.74) is 3.46. The molecule has 0 heterocycles. The Bertz CT molecular complexity index is 598. The Morgan fingerprint density at radius 2 is 1.95 bits per heavy atom. The third-order valence-electron chi connectivity index (χ3n) is 3.47. The number of rotatable bonds is 6. The first-order valence-electron chi connectivity index (χ1n) is 7.32. The van der Waals surface area contributed by atoms with Crippen LogP contribution in [0.5, 0.6) is 5.75 Å². The standard InChI is InChI=1S/C18H22ClNO/c1-4-16(21-17-7-5-6-13(2)10-17)12-20-18-11-15(19)9-8-14(18)3/h5-11,16,20H,4,12H2,1-3H3. The molecule has 0 saturated heterocycles. The normalized spacial score (nSPS) is 12.0. The van der Waals surface area contributed by atoms with E-state index in [9.17, 15) is 0 Å². The molecule has 0 aromatic heterocycles. The van der Waals surface area contributed by atoms with Gasteiger partial charge in [0.05, 0.1) is 6.54 Å². The van der Waals surface area contributed by atoms with Gasteiger partial charge in [-0.3, -0.25) is 0 Å². The van der Waals surface area contributed by atoms with Gasteiger partial charge in [-0.15, -0.1) is 0 Å². The van der Waals surface area contributed by atoms with E-state index in [1.54, 1.807) is 0 Å². The van der Waals surface area contributed by atoms with Crippen LogP contribution >= 0.6 is 11.6 Å². The third kappa shape index (κ3) is 4.68. The molecule has 0 aliphatic rings. The average Bonchev–Trinajstić information content (AvgIpc) is 2.46. The Morgan fingerprint density at radius 1 is 1.14 bits per heavy atom. The van der Waals surface area contributed by atoms with Gasteiger partial charge in [-0.05, 0) is 55.7 Å². The van der Waals surface area contributed by atoms with E-state index in [-0.39, 0.29) is 6.10 Å². The zero-order valence-electron chi connectivity index (χ0n) is 12.8. The number of anilines is 1. The number of ether oxygens (including phenoxy) is 1. The topological polar surface area (TPSA) is 21.3 Å². The quantitative estimate of drug-likeness (QED) is 0.789. The number of aryl methyl sites for hydroxylation is 2. The van der Waals surface area contributed by atoms with Crippen molar-refractivity contribution in [2.24, 2.45) is 0 Å². The first-order chi connectivity index (χ1) is 10.1. The zero-order chi connectivity index (χ0) is 15.2. The lowest BCUT2D eigenvalue weighted by molar-refractivity contribution is 0.210. The minimum absolute atomic E-state index is 0.130. The molecular formula is C18H22ClNO. The number of nitrogens with one attached hydrogen (secondary N) is 1. The van der Waals surface area contributed by atoms with Crippen molar-refractivity contribution < 1.29 is 4.74 Å². The van der Waals surface area contributed by atoms with Gasteiger partial charge in [0.25, 0.3) is 0 Å². The minimum Gasteiger partial charge on any atom is -0.489 e. The summed E-state index contributed by atoms with van der Waals surface area (Å²) < 4.78 is 6.04. The lowest BCUT2D eigenvalue weighted by Crippen LogP contribution is -2.25. The first kappa shape index (κ1) is 15.7. The summed E-state index contributed by atoms with van der Waals surface area (Å²) >= 11 is 6.04. The predicted molar refractivity (Wildman–Crippen MR) is 90.6 cm³/mol. The van der Waals surface area contributed by atoms with Crippen LogP contribution in [0.2, 0.25) is 5.02 Å². The van der Waals surface area contributed by atoms with Crippen LogP contribution in [0, 0.1) is 13.8 Å². The maximum atomic E-state index is 6.04. The number of hydrogen-bond donors (Lipinski definition) is 1. The number of halogens is 1. The smallest absolute Gasteiger partial charge is 0.120 e. The average molecular weight is 304 g/mol. The van der Waals surface area contributed by atoms with Crippen LogP contribution in [0.25, 0.3) is 0 Å². The van der Waals surface area contributed by atoms with E-state index in [4.69, 9.17) is 16.3 Å². The molecule has 0 radical (unpaired) electrons. The van der Waals surface area contributed by atoms with Crippen LogP contribution in [0.1, 0.15) is 24.5 Å². The summed E-state index contributed by atoms with van der Waals surface area (Å²) in [6.45, 7) is 7.03. The van der Waals surface area contributed by atoms with E-state index in [0.717, 1.165) is 29.4 Å². The summed E-state index contributed by atoms with van der Waals surface area (Å²) in [5.74, 6) is 0.923. The van der Waals surface area contributed by atoms with Crippen molar-refractivity contribution in [2.45, 2.75) is 33.3 Å². The van der Waals surface area contributed by atoms with Gasteiger partial charge in [0.1, 0.15) is 11.9 Å². The summed E-state index contributed by atoms with van der Waals surface area (Å²) in [6.07, 6.45) is 1.07. The zero-order valence-corrected chi connectivity index (χ0v) is 13.6. The van der Waals surface area contributed by atoms with Crippen molar-refractivity contribution in [3.8, 4) is 5.75 Å². The van der Waals surface area contributed by atoms with Crippen LogP contribution in [-0.2, 0) is 0 Å². The Morgan fingerprint density at radius 3 is 2.67 bits per heavy atom. The number of benzene rings is 2. The van der Waals surface area contributed by atoms with Crippen LogP contribution in [0.4, 0.5) is 5.69 Å². The number of hydrogen-bond acceptors (Lipinski definition) is 2. The van der Waals surface area contributed by atoms with E-state index in [1.165, 1.54) is 11.1 Å². The van der Waals surface area contributed by atoms with E-state index in [0.29, 0.717) is 0 Å². The van der Waals surface area contributed by atoms with Crippen LogP contribution in [-0.4, -0.2) is 12.6 Å². The molecule has 3 heteroatoms. The minimum atomic E-state index is 0.130. The summed E-state index contributed by atoms with van der Waals surface area (Å²) in [5, 5.41) is 4.18. The van der Waals surface area contributed by atoms with Gasteiger partial charge in [0.15, 0.2) is 0 Å². The van der Waals surface area contributed by atoms with E-state index in [2.05, 4.69) is 38.2 Å². The molecule has 21 heavy (non-hydrogen) atoms. The molecule has 0 aliphatic carbocycles. The molecule has 0 saturated carbocycles. The Hall–Kier alpha value is -1.67. The largest absolute Gasteiger partial charge is 0.489 e. The van der Waals surface area contributed by atoms with Gasteiger partial charge in [-0.2, -0.15) is 0 Å². The maximum absolute atomic E-state index is 6.04. The summed E-state index contributed by atoms with van der Waals surface area (Å²) in [4.78, 5) is 0. The molecule has 2 aromatic rings. The molecule has 0 fully saturated rings. The molecule has 2 aromatic carbocycles. The summed E-state index contributed by atoms with van der Waals surface area (Å²) in [7, 11) is 0. The van der Waals surface area contributed by atoms with E-state index in [1.807, 2.05) is 30.3 Å². The second kappa shape index (κ2) is 7.37. The van der Waals surface area contributed by atoms with Gasteiger partial charge in [0, 0.05) is 10.7 Å². The molecule has 0 aliphatic heterocycles. The van der Waals surface area contributed by atoms with Crippen molar-refractivity contribution in [2.75, 3.05) is 11.9 Å². The van der Waals surface area contributed by atoms with Gasteiger partial charge in [-0.25, -0.2) is 0 Å². The molecule has 1 N–H and O–H groups in total. The molecule has 0 spiro atoms. The molecule has 2 nitrogen and oxygen atoms in total. The van der Waals surface area contributed by atoms with Gasteiger partial charge < -0.3 is 10.1 Å². The van der Waals surface area contributed by atoms with Crippen molar-refractivity contribution in [3.05, 3.63) is 58.6 Å². The van der Waals surface area contributed by atoms with Gasteiger partial charge in [0.2, 0.25) is 0 Å². The van der Waals surface area contributed by atoms with Crippen LogP contribution in [0.3, 0.4) is 0 Å². The fraction of sp³-hybridized carbons (Fsp3) is 0.333. The highest BCUT2D eigenvalue weighted by atomic mass is 35.5. The molecule has 0 bridgehead atoms. The highest BCUT2D eigenvalue weighted by Crippen LogP contribution is 2.21. The van der Waals surface area contributed by atoms with Crippen molar-refractivity contribution in [1.29, 1.82) is 0 Å². The predicted octanol–water partition coefficient (Wildman–Crippen LogP) is 5.23. The molecule has 1 unspecified atom stereocenters.